The number of hydrogen-bond donors (Lipinski definition) is 3. The van der Waals surface area contributed by atoms with Gasteiger partial charge in [-0.15, -0.1) is 0 Å². The normalized spacial score (nSPS) is 16.3. The van der Waals surface area contributed by atoms with Gasteiger partial charge in [0.25, 0.3) is 5.91 Å². The fraction of sp³-hybridized carbons (Fsp3) is 0.371. The second kappa shape index (κ2) is 11.7. The number of ether oxygens (including phenoxy) is 2. The van der Waals surface area contributed by atoms with Crippen molar-refractivity contribution in [3.63, 3.8) is 0 Å². The van der Waals surface area contributed by atoms with Gasteiger partial charge in [-0.1, -0.05) is 37.5 Å². The van der Waals surface area contributed by atoms with Gasteiger partial charge in [0, 0.05) is 28.1 Å². The molecule has 0 radical (unpaired) electrons. The maximum atomic E-state index is 13.6. The summed E-state index contributed by atoms with van der Waals surface area (Å²) in [6, 6.07) is 18.4. The molecule has 0 unspecified atom stereocenters. The van der Waals surface area contributed by atoms with Crippen LogP contribution in [0.3, 0.4) is 0 Å². The minimum Gasteiger partial charge on any atom is -0.508 e. The van der Waals surface area contributed by atoms with Crippen LogP contribution in [-0.4, -0.2) is 45.9 Å². The number of aromatic nitrogens is 1. The van der Waals surface area contributed by atoms with E-state index in [1.807, 2.05) is 30.3 Å². The lowest BCUT2D eigenvalue weighted by Crippen LogP contribution is -2.52. The molecule has 43 heavy (non-hydrogen) atoms. The number of fused-ring (bicyclic) bond motifs is 5. The molecule has 1 aromatic heterocycles. The highest BCUT2D eigenvalue weighted by Gasteiger charge is 2.35. The first kappa shape index (κ1) is 28.6. The van der Waals surface area contributed by atoms with E-state index in [1.54, 1.807) is 38.3 Å². The third-order valence-corrected chi connectivity index (χ3v) is 9.11. The summed E-state index contributed by atoms with van der Waals surface area (Å²) in [5, 5.41) is 23.6. The summed E-state index contributed by atoms with van der Waals surface area (Å²) in [5.74, 6) is 0.576. The van der Waals surface area contributed by atoms with Crippen molar-refractivity contribution in [2.24, 2.45) is 0 Å². The minimum atomic E-state index is -1.47. The van der Waals surface area contributed by atoms with Crippen molar-refractivity contribution in [1.82, 2.24) is 9.88 Å². The highest BCUT2D eigenvalue weighted by molar-refractivity contribution is 6.02. The molecule has 1 amide bonds. The number of aliphatic carboxylic acids is 1. The van der Waals surface area contributed by atoms with Gasteiger partial charge in [0.1, 0.15) is 29.4 Å². The number of nitrogens with one attached hydrogen (secondary N) is 1. The number of carbonyl (C=O) groups is 2. The summed E-state index contributed by atoms with van der Waals surface area (Å²) in [7, 11) is 1.65. The molecule has 0 saturated heterocycles. The zero-order chi connectivity index (χ0) is 30.1. The predicted molar refractivity (Wildman–Crippen MR) is 165 cm³/mol. The Labute approximate surface area is 251 Å². The number of carboxylic acids is 1. The molecule has 3 aromatic carbocycles. The van der Waals surface area contributed by atoms with E-state index in [2.05, 4.69) is 16.0 Å². The standard InChI is InChI=1S/C35H38N2O6/c1-35(34(40)41,17-16-22-8-11-25(38)12-9-22)36-33(39)24-10-14-27-29(20-24)37-18-19-43-30-21-26(42-2)13-15-28(30)32(37)31(27)23-6-4-3-5-7-23/h8-15,20-21,23,38H,3-7,16-19H2,1-2H3,(H,36,39)(H,40,41)/t35-/m0/s1. The van der Waals surface area contributed by atoms with E-state index >= 15 is 0 Å². The van der Waals surface area contributed by atoms with E-state index in [9.17, 15) is 19.8 Å². The van der Waals surface area contributed by atoms with Crippen LogP contribution >= 0.6 is 0 Å². The van der Waals surface area contributed by atoms with Gasteiger partial charge in [-0.3, -0.25) is 4.79 Å². The Hall–Kier alpha value is -4.46. The number of methoxy groups -OCH3 is 1. The van der Waals surface area contributed by atoms with E-state index in [-0.39, 0.29) is 12.2 Å². The van der Waals surface area contributed by atoms with E-state index in [4.69, 9.17) is 9.47 Å². The monoisotopic (exact) mass is 582 g/mol. The smallest absolute Gasteiger partial charge is 0.329 e. The van der Waals surface area contributed by atoms with Crippen molar-refractivity contribution in [2.45, 2.75) is 69.9 Å². The van der Waals surface area contributed by atoms with Gasteiger partial charge >= 0.3 is 5.97 Å². The van der Waals surface area contributed by atoms with Gasteiger partial charge < -0.3 is 29.6 Å². The number of aromatic hydroxyl groups is 1. The number of phenolic OH excluding ortho intramolecular Hbond substituents is 1. The van der Waals surface area contributed by atoms with Crippen molar-refractivity contribution < 1.29 is 29.3 Å². The Morgan fingerprint density at radius 2 is 1.81 bits per heavy atom. The van der Waals surface area contributed by atoms with Gasteiger partial charge in [0.15, 0.2) is 0 Å². The summed E-state index contributed by atoms with van der Waals surface area (Å²) in [6.07, 6.45) is 6.52. The number of carbonyl (C=O) groups excluding carboxylic acids is 1. The first-order valence-electron chi connectivity index (χ1n) is 15.1. The highest BCUT2D eigenvalue weighted by atomic mass is 16.5. The van der Waals surface area contributed by atoms with E-state index < -0.39 is 17.4 Å². The number of benzene rings is 3. The molecule has 6 rings (SSSR count). The molecule has 8 heteroatoms. The maximum absolute atomic E-state index is 13.6. The van der Waals surface area contributed by atoms with Crippen LogP contribution < -0.4 is 14.8 Å². The maximum Gasteiger partial charge on any atom is 0.329 e. The predicted octanol–water partition coefficient (Wildman–Crippen LogP) is 6.67. The molecule has 1 aliphatic carbocycles. The number of carboxylic acid groups (broad SMARTS) is 1. The van der Waals surface area contributed by atoms with Crippen molar-refractivity contribution in [3.05, 3.63) is 77.4 Å². The number of amides is 1. The summed E-state index contributed by atoms with van der Waals surface area (Å²) in [6.45, 7) is 2.64. The molecular weight excluding hydrogens is 544 g/mol. The third-order valence-electron chi connectivity index (χ3n) is 9.11. The molecule has 1 atom stereocenters. The number of phenols is 1. The molecular formula is C35H38N2O6. The zero-order valence-corrected chi connectivity index (χ0v) is 24.7. The second-order valence-electron chi connectivity index (χ2n) is 11.9. The fourth-order valence-corrected chi connectivity index (χ4v) is 6.64. The molecule has 3 N–H and O–H groups in total. The number of hydrogen-bond acceptors (Lipinski definition) is 5. The Bertz CT molecular complexity index is 1670. The lowest BCUT2D eigenvalue weighted by Gasteiger charge is -2.26. The van der Waals surface area contributed by atoms with Crippen LogP contribution in [0.2, 0.25) is 0 Å². The zero-order valence-electron chi connectivity index (χ0n) is 24.7. The van der Waals surface area contributed by atoms with Crippen LogP contribution in [-0.2, 0) is 17.8 Å². The topological polar surface area (TPSA) is 110 Å². The highest BCUT2D eigenvalue weighted by Crippen LogP contribution is 2.47. The van der Waals surface area contributed by atoms with Crippen LogP contribution in [0.25, 0.3) is 22.2 Å². The van der Waals surface area contributed by atoms with Crippen LogP contribution in [0.4, 0.5) is 0 Å². The third kappa shape index (κ3) is 5.54. The first-order chi connectivity index (χ1) is 20.8. The summed E-state index contributed by atoms with van der Waals surface area (Å²) in [4.78, 5) is 26.0. The number of nitrogens with zero attached hydrogens (tertiary/aromatic N) is 1. The van der Waals surface area contributed by atoms with Crippen LogP contribution in [0.15, 0.2) is 60.7 Å². The van der Waals surface area contributed by atoms with Gasteiger partial charge in [-0.25, -0.2) is 4.79 Å². The number of rotatable bonds is 8. The first-order valence-corrected chi connectivity index (χ1v) is 15.1. The Balaban J connectivity index is 1.38. The molecule has 8 nitrogen and oxygen atoms in total. The minimum absolute atomic E-state index is 0.151. The Morgan fingerprint density at radius 3 is 2.53 bits per heavy atom. The fourth-order valence-electron chi connectivity index (χ4n) is 6.64. The van der Waals surface area contributed by atoms with Crippen molar-refractivity contribution in [1.29, 1.82) is 0 Å². The van der Waals surface area contributed by atoms with Crippen LogP contribution in [0.5, 0.6) is 17.2 Å². The second-order valence-corrected chi connectivity index (χ2v) is 11.9. The molecule has 2 aliphatic rings. The van der Waals surface area contributed by atoms with E-state index in [0.29, 0.717) is 31.1 Å². The quantitative estimate of drug-likeness (QED) is 0.214. The average molecular weight is 583 g/mol. The van der Waals surface area contributed by atoms with E-state index in [0.717, 1.165) is 52.1 Å². The molecule has 0 bridgehead atoms. The molecule has 1 fully saturated rings. The lowest BCUT2D eigenvalue weighted by atomic mass is 9.81. The molecule has 0 spiro atoms. The van der Waals surface area contributed by atoms with Gasteiger partial charge in [0.2, 0.25) is 0 Å². The van der Waals surface area contributed by atoms with Gasteiger partial charge in [0.05, 0.1) is 19.3 Å². The molecule has 224 valence electrons. The molecule has 1 saturated carbocycles. The van der Waals surface area contributed by atoms with Crippen LogP contribution in [0, 0.1) is 0 Å². The lowest BCUT2D eigenvalue weighted by molar-refractivity contribution is -0.144. The summed E-state index contributed by atoms with van der Waals surface area (Å²) >= 11 is 0. The number of aryl methyl sites for hydroxylation is 1. The Morgan fingerprint density at radius 1 is 1.05 bits per heavy atom. The molecule has 2 heterocycles. The summed E-state index contributed by atoms with van der Waals surface area (Å²) < 4.78 is 14.0. The van der Waals surface area contributed by atoms with Crippen molar-refractivity contribution in [3.8, 4) is 28.5 Å². The van der Waals surface area contributed by atoms with Gasteiger partial charge in [-0.05, 0) is 86.1 Å². The molecule has 4 aromatic rings. The van der Waals surface area contributed by atoms with Crippen molar-refractivity contribution in [2.75, 3.05) is 13.7 Å². The largest absolute Gasteiger partial charge is 0.508 e. The SMILES string of the molecule is COc1ccc2c(c1)OCCn1c-2c(C2CCCCC2)c2ccc(C(=O)N[C@@](C)(CCc3ccc(O)cc3)C(=O)O)cc21. The van der Waals surface area contributed by atoms with Gasteiger partial charge in [-0.2, -0.15) is 0 Å². The average Bonchev–Trinajstić information content (AvgIpc) is 3.22. The molecule has 1 aliphatic heterocycles. The van der Waals surface area contributed by atoms with Crippen LogP contribution in [0.1, 0.15) is 72.9 Å². The van der Waals surface area contributed by atoms with E-state index in [1.165, 1.54) is 24.8 Å². The Kier molecular flexibility index (Phi) is 7.77. The van der Waals surface area contributed by atoms with Crippen molar-refractivity contribution >= 4 is 22.8 Å². The summed E-state index contributed by atoms with van der Waals surface area (Å²) in [5.41, 5.74) is 4.25.